The maximum absolute atomic E-state index is 12.4. The highest BCUT2D eigenvalue weighted by molar-refractivity contribution is 7.91. The van der Waals surface area contributed by atoms with Gasteiger partial charge in [0.2, 0.25) is 0 Å². The smallest absolute Gasteiger partial charge is 0.267 e. The van der Waals surface area contributed by atoms with Crippen molar-refractivity contribution in [1.29, 1.82) is 5.26 Å². The quantitative estimate of drug-likeness (QED) is 0.545. The van der Waals surface area contributed by atoms with Gasteiger partial charge in [0, 0.05) is 24.5 Å². The number of anilines is 1. The first kappa shape index (κ1) is 21.0. The van der Waals surface area contributed by atoms with E-state index >= 15 is 0 Å². The summed E-state index contributed by atoms with van der Waals surface area (Å²) in [5.41, 5.74) is 1.81. The first-order valence-corrected chi connectivity index (χ1v) is 11.2. The van der Waals surface area contributed by atoms with Crippen molar-refractivity contribution in [3.8, 4) is 6.07 Å². The molecular weight excluding hydrogens is 362 g/mol. The van der Waals surface area contributed by atoms with Crippen LogP contribution in [-0.4, -0.2) is 43.3 Å². The number of hydrogen-bond donors (Lipinski definition) is 1. The van der Waals surface area contributed by atoms with Crippen molar-refractivity contribution in [2.75, 3.05) is 23.4 Å². The summed E-state index contributed by atoms with van der Waals surface area (Å²) in [6.45, 7) is 4.55. The number of sulfone groups is 1. The Morgan fingerprint density at radius 1 is 1.33 bits per heavy atom. The fourth-order valence-electron chi connectivity index (χ4n) is 3.13. The predicted molar refractivity (Wildman–Crippen MR) is 107 cm³/mol. The summed E-state index contributed by atoms with van der Waals surface area (Å²) in [5.74, 6) is -0.268. The van der Waals surface area contributed by atoms with Crippen LogP contribution in [0.5, 0.6) is 0 Å². The second-order valence-corrected chi connectivity index (χ2v) is 9.03. The third-order valence-corrected chi connectivity index (χ3v) is 6.48. The van der Waals surface area contributed by atoms with Crippen molar-refractivity contribution >= 4 is 21.4 Å². The lowest BCUT2D eigenvalue weighted by Gasteiger charge is -2.25. The molecule has 27 heavy (non-hydrogen) atoms. The van der Waals surface area contributed by atoms with E-state index in [1.807, 2.05) is 37.3 Å². The highest BCUT2D eigenvalue weighted by Crippen LogP contribution is 2.19. The number of carbonyl (C=O) groups excluding carboxylic acids is 1. The molecule has 1 N–H and O–H groups in total. The fourth-order valence-corrected chi connectivity index (χ4v) is 4.87. The van der Waals surface area contributed by atoms with Crippen LogP contribution in [0, 0.1) is 11.3 Å². The number of hydrogen-bond acceptors (Lipinski definition) is 5. The summed E-state index contributed by atoms with van der Waals surface area (Å²) < 4.78 is 23.4. The number of rotatable bonds is 8. The number of benzene rings is 1. The Hall–Kier alpha value is -2.33. The van der Waals surface area contributed by atoms with Crippen LogP contribution >= 0.6 is 0 Å². The Balaban J connectivity index is 2.05. The Labute approximate surface area is 161 Å². The largest absolute Gasteiger partial charge is 0.372 e. The van der Waals surface area contributed by atoms with Crippen molar-refractivity contribution in [2.24, 2.45) is 0 Å². The predicted octanol–water partition coefficient (Wildman–Crippen LogP) is 2.88. The highest BCUT2D eigenvalue weighted by atomic mass is 32.2. The summed E-state index contributed by atoms with van der Waals surface area (Å²) in [7, 11) is -3.03. The molecule has 1 aliphatic rings. The van der Waals surface area contributed by atoms with E-state index in [1.54, 1.807) is 4.90 Å². The molecule has 1 unspecified atom stereocenters. The summed E-state index contributed by atoms with van der Waals surface area (Å²) in [6, 6.07) is 9.36. The number of nitrogens with one attached hydrogen (secondary N) is 1. The molecule has 0 spiro atoms. The van der Waals surface area contributed by atoms with Crippen molar-refractivity contribution in [3.05, 3.63) is 41.6 Å². The third-order valence-electron chi connectivity index (χ3n) is 4.73. The number of unbranched alkanes of at least 4 members (excludes halogenated alkanes) is 1. The topological polar surface area (TPSA) is 90.3 Å². The van der Waals surface area contributed by atoms with Crippen molar-refractivity contribution < 1.29 is 13.2 Å². The molecule has 1 heterocycles. The molecule has 1 aromatic rings. The fraction of sp³-hybridized carbons (Fsp3) is 0.500. The van der Waals surface area contributed by atoms with Crippen LogP contribution in [0.15, 0.2) is 36.0 Å². The maximum Gasteiger partial charge on any atom is 0.267 e. The minimum atomic E-state index is -3.03. The van der Waals surface area contributed by atoms with Crippen LogP contribution in [0.4, 0.5) is 5.69 Å². The van der Waals surface area contributed by atoms with Gasteiger partial charge in [-0.15, -0.1) is 0 Å². The van der Waals surface area contributed by atoms with Gasteiger partial charge in [-0.1, -0.05) is 25.5 Å². The zero-order valence-corrected chi connectivity index (χ0v) is 16.8. The third kappa shape index (κ3) is 6.10. The monoisotopic (exact) mass is 389 g/mol. The normalized spacial score (nSPS) is 18.7. The van der Waals surface area contributed by atoms with Gasteiger partial charge >= 0.3 is 0 Å². The molecule has 1 aliphatic heterocycles. The average molecular weight is 390 g/mol. The number of carbonyl (C=O) groups is 1. The number of amides is 1. The van der Waals surface area contributed by atoms with Crippen LogP contribution in [-0.2, 0) is 21.1 Å². The molecule has 0 saturated carbocycles. The molecule has 2 rings (SSSR count). The van der Waals surface area contributed by atoms with Crippen molar-refractivity contribution in [1.82, 2.24) is 4.90 Å². The first-order chi connectivity index (χ1) is 12.9. The van der Waals surface area contributed by atoms with Gasteiger partial charge in [0.1, 0.15) is 11.6 Å². The van der Waals surface area contributed by atoms with Gasteiger partial charge in [0.05, 0.1) is 11.5 Å². The molecule has 0 bridgehead atoms. The van der Waals surface area contributed by atoms with E-state index in [4.69, 9.17) is 0 Å². The van der Waals surface area contributed by atoms with E-state index in [-0.39, 0.29) is 23.1 Å². The van der Waals surface area contributed by atoms with Crippen molar-refractivity contribution in [3.63, 3.8) is 0 Å². The molecule has 1 amide bonds. The Bertz CT molecular complexity index is 823. The lowest BCUT2D eigenvalue weighted by Crippen LogP contribution is -2.32. The van der Waals surface area contributed by atoms with Gasteiger partial charge in [0.25, 0.3) is 5.91 Å². The highest BCUT2D eigenvalue weighted by Gasteiger charge is 2.31. The van der Waals surface area contributed by atoms with Gasteiger partial charge in [-0.25, -0.2) is 8.42 Å². The lowest BCUT2D eigenvalue weighted by atomic mass is 10.1. The van der Waals surface area contributed by atoms with Crippen LogP contribution < -0.4 is 5.32 Å². The van der Waals surface area contributed by atoms with E-state index < -0.39 is 15.7 Å². The molecular formula is C20H27N3O3S. The van der Waals surface area contributed by atoms with E-state index in [0.29, 0.717) is 18.7 Å². The summed E-state index contributed by atoms with van der Waals surface area (Å²) in [5, 5.41) is 12.1. The van der Waals surface area contributed by atoms with Crippen molar-refractivity contribution in [2.45, 2.75) is 45.6 Å². The Morgan fingerprint density at radius 3 is 2.56 bits per heavy atom. The molecule has 146 valence electrons. The van der Waals surface area contributed by atoms with Gasteiger partial charge < -0.3 is 10.2 Å². The van der Waals surface area contributed by atoms with Gasteiger partial charge in [-0.05, 0) is 43.9 Å². The minimum Gasteiger partial charge on any atom is -0.372 e. The maximum atomic E-state index is 12.4. The zero-order chi connectivity index (χ0) is 19.9. The standard InChI is InChI=1S/C20H27N3O3S/c1-3-5-6-16-7-9-18(10-8-16)22-20(24)17(13-21)14-23(4-2)19-11-12-27(25,26)15-19/h7-10,14,19H,3-6,11-12,15H2,1-2H3,(H,22,24)/b17-14-. The number of nitrogens with zero attached hydrogens (tertiary/aromatic N) is 2. The van der Waals surface area contributed by atoms with E-state index in [9.17, 15) is 18.5 Å². The average Bonchev–Trinajstić information content (AvgIpc) is 3.01. The Kier molecular flexibility index (Phi) is 7.43. The second-order valence-electron chi connectivity index (χ2n) is 6.80. The summed E-state index contributed by atoms with van der Waals surface area (Å²) in [4.78, 5) is 14.2. The van der Waals surface area contributed by atoms with Gasteiger partial charge in [-0.3, -0.25) is 4.79 Å². The molecule has 0 aliphatic carbocycles. The van der Waals surface area contributed by atoms with Gasteiger partial charge in [-0.2, -0.15) is 5.26 Å². The first-order valence-electron chi connectivity index (χ1n) is 9.37. The van der Waals surface area contributed by atoms with E-state index in [0.717, 1.165) is 19.3 Å². The van der Waals surface area contributed by atoms with E-state index in [2.05, 4.69) is 12.2 Å². The molecule has 1 fully saturated rings. The summed E-state index contributed by atoms with van der Waals surface area (Å²) >= 11 is 0. The molecule has 0 radical (unpaired) electrons. The van der Waals surface area contributed by atoms with Crippen LogP contribution in [0.25, 0.3) is 0 Å². The minimum absolute atomic E-state index is 0.0313. The molecule has 6 nitrogen and oxygen atoms in total. The molecule has 0 aromatic heterocycles. The lowest BCUT2D eigenvalue weighted by molar-refractivity contribution is -0.112. The van der Waals surface area contributed by atoms with Crippen LogP contribution in [0.2, 0.25) is 0 Å². The Morgan fingerprint density at radius 2 is 2.04 bits per heavy atom. The molecule has 1 aromatic carbocycles. The van der Waals surface area contributed by atoms with E-state index in [1.165, 1.54) is 11.8 Å². The van der Waals surface area contributed by atoms with Gasteiger partial charge in [0.15, 0.2) is 9.84 Å². The van der Waals surface area contributed by atoms with Crippen LogP contribution in [0.3, 0.4) is 0 Å². The number of aryl methyl sites for hydroxylation is 1. The molecule has 7 heteroatoms. The molecule has 1 atom stereocenters. The molecule has 1 saturated heterocycles. The summed E-state index contributed by atoms with van der Waals surface area (Å²) in [6.07, 6.45) is 5.26. The SMILES string of the molecule is CCCCc1ccc(NC(=O)/C(C#N)=C\N(CC)C2CCS(=O)(=O)C2)cc1. The zero-order valence-electron chi connectivity index (χ0n) is 15.9. The van der Waals surface area contributed by atoms with Crippen LogP contribution in [0.1, 0.15) is 38.7 Å². The number of nitriles is 1. The second kappa shape index (κ2) is 9.56.